The predicted octanol–water partition coefficient (Wildman–Crippen LogP) is 1.88. The number of nitrogens with one attached hydrogen (secondary N) is 1. The van der Waals surface area contributed by atoms with Gasteiger partial charge in [-0.25, -0.2) is 4.98 Å². The van der Waals surface area contributed by atoms with Gasteiger partial charge in [-0.15, -0.1) is 11.3 Å². The van der Waals surface area contributed by atoms with E-state index in [2.05, 4.69) is 15.0 Å². The van der Waals surface area contributed by atoms with Crippen LogP contribution in [-0.2, 0) is 4.74 Å². The summed E-state index contributed by atoms with van der Waals surface area (Å²) in [6, 6.07) is 5.82. The maximum Gasteiger partial charge on any atom is 0.262 e. The highest BCUT2D eigenvalue weighted by Crippen LogP contribution is 2.28. The molecular weight excluding hydrogens is 300 g/mol. The van der Waals surface area contributed by atoms with Crippen LogP contribution >= 0.6 is 11.3 Å². The largest absolute Gasteiger partial charge is 0.378 e. The lowest BCUT2D eigenvalue weighted by Crippen LogP contribution is -2.38. The summed E-state index contributed by atoms with van der Waals surface area (Å²) in [6.45, 7) is 2.73. The summed E-state index contributed by atoms with van der Waals surface area (Å²) in [5.74, 6) is 0.566. The molecule has 0 bridgehead atoms. The topological polar surface area (TPSA) is 71.1 Å². The lowest BCUT2D eigenvalue weighted by atomic mass is 10.1. The molecule has 7 heteroatoms. The normalized spacial score (nSPS) is 15.4. The molecule has 1 aliphatic heterocycles. The third-order valence-corrected chi connectivity index (χ3v) is 4.60. The quantitative estimate of drug-likeness (QED) is 0.782. The van der Waals surface area contributed by atoms with Crippen molar-refractivity contribution in [3.8, 4) is 10.4 Å². The molecule has 1 fully saturated rings. The molecule has 0 saturated carbocycles. The molecule has 22 heavy (non-hydrogen) atoms. The molecule has 3 aromatic heterocycles. The Morgan fingerprint density at radius 2 is 2.14 bits per heavy atom. The van der Waals surface area contributed by atoms with E-state index in [0.717, 1.165) is 23.5 Å². The molecule has 4 rings (SSSR count). The maximum absolute atomic E-state index is 12.6. The fourth-order valence-corrected chi connectivity index (χ4v) is 3.37. The van der Waals surface area contributed by atoms with Crippen molar-refractivity contribution in [2.24, 2.45) is 0 Å². The van der Waals surface area contributed by atoms with Crippen molar-refractivity contribution in [1.82, 2.24) is 15.0 Å². The van der Waals surface area contributed by atoms with Gasteiger partial charge in [0, 0.05) is 29.7 Å². The van der Waals surface area contributed by atoms with Gasteiger partial charge in [-0.2, -0.15) is 4.98 Å². The monoisotopic (exact) mass is 314 g/mol. The molecule has 0 unspecified atom stereocenters. The van der Waals surface area contributed by atoms with Gasteiger partial charge in [0.2, 0.25) is 5.95 Å². The van der Waals surface area contributed by atoms with E-state index in [-0.39, 0.29) is 5.56 Å². The van der Waals surface area contributed by atoms with E-state index in [1.165, 1.54) is 0 Å². The number of ether oxygens (including phenoxy) is 1. The van der Waals surface area contributed by atoms with Crippen LogP contribution in [0.15, 0.2) is 34.6 Å². The van der Waals surface area contributed by atoms with Crippen LogP contribution in [0.1, 0.15) is 0 Å². The van der Waals surface area contributed by atoms with Crippen LogP contribution in [0.2, 0.25) is 0 Å². The van der Waals surface area contributed by atoms with Crippen molar-refractivity contribution < 1.29 is 4.74 Å². The zero-order valence-corrected chi connectivity index (χ0v) is 12.6. The lowest BCUT2D eigenvalue weighted by molar-refractivity contribution is 0.122. The maximum atomic E-state index is 12.6. The second-order valence-electron chi connectivity index (χ2n) is 5.02. The lowest BCUT2D eigenvalue weighted by Gasteiger charge is -2.27. The number of hydrogen-bond donors (Lipinski definition) is 1. The van der Waals surface area contributed by atoms with Gasteiger partial charge < -0.3 is 9.64 Å². The minimum atomic E-state index is -0.150. The first-order valence-corrected chi connectivity index (χ1v) is 7.96. The van der Waals surface area contributed by atoms with Gasteiger partial charge in [-0.1, -0.05) is 6.07 Å². The number of aromatic nitrogens is 3. The summed E-state index contributed by atoms with van der Waals surface area (Å²) in [5, 5.41) is 2.53. The van der Waals surface area contributed by atoms with Crippen molar-refractivity contribution in [2.75, 3.05) is 31.2 Å². The van der Waals surface area contributed by atoms with Gasteiger partial charge >= 0.3 is 0 Å². The number of hydrogen-bond acceptors (Lipinski definition) is 6. The Morgan fingerprint density at radius 3 is 2.91 bits per heavy atom. The Morgan fingerprint density at radius 1 is 1.27 bits per heavy atom. The summed E-state index contributed by atoms with van der Waals surface area (Å²) in [4.78, 5) is 27.3. The molecule has 1 saturated heterocycles. The smallest absolute Gasteiger partial charge is 0.262 e. The molecule has 0 amide bonds. The van der Waals surface area contributed by atoms with Gasteiger partial charge in [-0.05, 0) is 17.5 Å². The molecule has 0 atom stereocenters. The van der Waals surface area contributed by atoms with Crippen molar-refractivity contribution in [3.63, 3.8) is 0 Å². The zero-order valence-electron chi connectivity index (χ0n) is 11.8. The summed E-state index contributed by atoms with van der Waals surface area (Å²) >= 11 is 1.60. The third kappa shape index (κ3) is 2.28. The van der Waals surface area contributed by atoms with E-state index in [4.69, 9.17) is 4.74 Å². The highest BCUT2D eigenvalue weighted by molar-refractivity contribution is 7.13. The highest BCUT2D eigenvalue weighted by Gasteiger charge is 2.17. The van der Waals surface area contributed by atoms with E-state index in [9.17, 15) is 4.79 Å². The molecule has 0 radical (unpaired) electrons. The molecule has 0 spiro atoms. The van der Waals surface area contributed by atoms with Gasteiger partial charge in [0.1, 0.15) is 0 Å². The Kier molecular flexibility index (Phi) is 3.36. The van der Waals surface area contributed by atoms with E-state index in [1.807, 2.05) is 28.5 Å². The Labute approximate surface area is 130 Å². The van der Waals surface area contributed by atoms with Crippen LogP contribution in [0, 0.1) is 0 Å². The first-order valence-electron chi connectivity index (χ1n) is 7.08. The number of thiophene rings is 1. The average molecular weight is 314 g/mol. The van der Waals surface area contributed by atoms with Crippen LogP contribution in [-0.4, -0.2) is 41.3 Å². The summed E-state index contributed by atoms with van der Waals surface area (Å²) in [5.41, 5.74) is 1.21. The standard InChI is InChI=1S/C15H14N4O2S/c20-14-12-10(11-2-1-9-22-11)3-4-16-13(12)17-15(18-14)19-5-7-21-8-6-19/h1-4,9H,5-8H2,(H,16,17,18,20). The number of H-pyrrole nitrogens is 1. The van der Waals surface area contributed by atoms with Crippen LogP contribution in [0.4, 0.5) is 5.95 Å². The van der Waals surface area contributed by atoms with E-state index < -0.39 is 0 Å². The molecule has 0 aromatic carbocycles. The summed E-state index contributed by atoms with van der Waals surface area (Å²) in [6.07, 6.45) is 1.70. The molecule has 112 valence electrons. The van der Waals surface area contributed by atoms with Crippen LogP contribution in [0.25, 0.3) is 21.5 Å². The molecule has 0 aliphatic carbocycles. The van der Waals surface area contributed by atoms with Crippen LogP contribution < -0.4 is 10.5 Å². The number of anilines is 1. The number of rotatable bonds is 2. The van der Waals surface area contributed by atoms with Gasteiger partial charge in [-0.3, -0.25) is 9.78 Å². The summed E-state index contributed by atoms with van der Waals surface area (Å²) < 4.78 is 5.33. The van der Waals surface area contributed by atoms with Gasteiger partial charge in [0.15, 0.2) is 5.65 Å². The minimum Gasteiger partial charge on any atom is -0.378 e. The minimum absolute atomic E-state index is 0.150. The van der Waals surface area contributed by atoms with E-state index in [1.54, 1.807) is 17.5 Å². The zero-order chi connectivity index (χ0) is 14.9. The number of fused-ring (bicyclic) bond motifs is 1. The Balaban J connectivity index is 1.88. The Hall–Kier alpha value is -2.25. The fourth-order valence-electron chi connectivity index (χ4n) is 2.61. The van der Waals surface area contributed by atoms with E-state index in [0.29, 0.717) is 30.2 Å². The van der Waals surface area contributed by atoms with Crippen molar-refractivity contribution in [1.29, 1.82) is 0 Å². The number of nitrogens with zero attached hydrogens (tertiary/aromatic N) is 3. The fraction of sp³-hybridized carbons (Fsp3) is 0.267. The third-order valence-electron chi connectivity index (χ3n) is 3.69. The van der Waals surface area contributed by atoms with Crippen molar-refractivity contribution in [3.05, 3.63) is 40.1 Å². The first kappa shape index (κ1) is 13.4. The molecular formula is C15H14N4O2S. The number of aromatic amines is 1. The predicted molar refractivity (Wildman–Crippen MR) is 86.5 cm³/mol. The number of morpholine rings is 1. The molecule has 1 N–H and O–H groups in total. The first-order chi connectivity index (χ1) is 10.8. The van der Waals surface area contributed by atoms with E-state index >= 15 is 0 Å². The molecule has 3 aromatic rings. The second kappa shape index (κ2) is 5.51. The van der Waals surface area contributed by atoms with Crippen LogP contribution in [0.3, 0.4) is 0 Å². The van der Waals surface area contributed by atoms with Crippen molar-refractivity contribution >= 4 is 28.3 Å². The van der Waals surface area contributed by atoms with Gasteiger partial charge in [0.05, 0.1) is 18.6 Å². The molecule has 1 aliphatic rings. The van der Waals surface area contributed by atoms with Crippen molar-refractivity contribution in [2.45, 2.75) is 0 Å². The highest BCUT2D eigenvalue weighted by atomic mass is 32.1. The van der Waals surface area contributed by atoms with Crippen LogP contribution in [0.5, 0.6) is 0 Å². The molecule has 6 nitrogen and oxygen atoms in total. The van der Waals surface area contributed by atoms with Gasteiger partial charge in [0.25, 0.3) is 5.56 Å². The Bertz CT molecular complexity index is 854. The average Bonchev–Trinajstić information content (AvgIpc) is 3.09. The molecule has 4 heterocycles. The number of pyridine rings is 1. The second-order valence-corrected chi connectivity index (χ2v) is 5.97. The SMILES string of the molecule is O=c1[nH]c(N2CCOCC2)nc2nccc(-c3cccs3)c12. The summed E-state index contributed by atoms with van der Waals surface area (Å²) in [7, 11) is 0.